The van der Waals surface area contributed by atoms with Gasteiger partial charge in [0.25, 0.3) is 0 Å². The van der Waals surface area contributed by atoms with Gasteiger partial charge in [0.15, 0.2) is 23.1 Å². The van der Waals surface area contributed by atoms with Gasteiger partial charge in [-0.1, -0.05) is 38.8 Å². The van der Waals surface area contributed by atoms with Crippen molar-refractivity contribution in [3.8, 4) is 0 Å². The van der Waals surface area contributed by atoms with Crippen molar-refractivity contribution in [1.29, 1.82) is 0 Å². The predicted octanol–water partition coefficient (Wildman–Crippen LogP) is 3.56. The fraction of sp³-hybridized carbons (Fsp3) is 0.810. The van der Waals surface area contributed by atoms with E-state index in [1.54, 1.807) is 12.2 Å². The van der Waals surface area contributed by atoms with Crippen LogP contribution in [0.4, 0.5) is 0 Å². The fourth-order valence-electron chi connectivity index (χ4n) is 14.6. The van der Waals surface area contributed by atoms with Crippen LogP contribution in [0.1, 0.15) is 118 Å². The smallest absolute Gasteiger partial charge is 0.190 e. The van der Waals surface area contributed by atoms with Gasteiger partial charge in [-0.3, -0.25) is 19.2 Å². The van der Waals surface area contributed by atoms with Gasteiger partial charge in [0.2, 0.25) is 0 Å². The molecule has 8 rings (SSSR count). The molecule has 0 saturated heterocycles. The summed E-state index contributed by atoms with van der Waals surface area (Å²) in [6.07, 6.45) is 11.5. The molecule has 0 aromatic heterocycles. The molecule has 6 unspecified atom stereocenters. The lowest BCUT2D eigenvalue weighted by Crippen LogP contribution is -2.62. The Hall–Kier alpha value is -2.08. The lowest BCUT2D eigenvalue weighted by atomic mass is 9.45. The maximum atomic E-state index is 12.4. The van der Waals surface area contributed by atoms with Crippen molar-refractivity contribution in [2.75, 3.05) is 13.2 Å². The van der Waals surface area contributed by atoms with E-state index >= 15 is 0 Å². The number of hydrogen-bond acceptors (Lipinski definition) is 10. The third-order valence-electron chi connectivity index (χ3n) is 17.3. The molecule has 0 radical (unpaired) electrons. The molecule has 8 aliphatic carbocycles. The first-order valence-electron chi connectivity index (χ1n) is 19.9. The topological polar surface area (TPSA) is 190 Å². The molecule has 0 amide bonds. The van der Waals surface area contributed by atoms with Gasteiger partial charge < -0.3 is 30.6 Å². The Morgan fingerprint density at radius 2 is 0.981 bits per heavy atom. The number of ketones is 4. The van der Waals surface area contributed by atoms with E-state index in [4.69, 9.17) is 0 Å². The number of Topliss-reactive ketones (excluding diaryl/α,β-unsaturated/α-hetero) is 2. The number of carbonyl (C=O) groups is 4. The summed E-state index contributed by atoms with van der Waals surface area (Å²) >= 11 is 0. The zero-order valence-corrected chi connectivity index (χ0v) is 31.4. The Morgan fingerprint density at radius 1 is 0.615 bits per heavy atom. The van der Waals surface area contributed by atoms with E-state index in [0.29, 0.717) is 38.5 Å². The Labute approximate surface area is 307 Å². The molecule has 0 aliphatic heterocycles. The van der Waals surface area contributed by atoms with Crippen molar-refractivity contribution < 1.29 is 49.8 Å². The van der Waals surface area contributed by atoms with Crippen molar-refractivity contribution >= 4 is 23.1 Å². The molecule has 10 heteroatoms. The summed E-state index contributed by atoms with van der Waals surface area (Å²) in [5.74, 6) is 0.280. The number of carbonyl (C=O) groups excluding carboxylic acids is 4. The monoisotopic (exact) mass is 724 g/mol. The van der Waals surface area contributed by atoms with Crippen molar-refractivity contribution in [3.63, 3.8) is 0 Å². The van der Waals surface area contributed by atoms with E-state index in [0.717, 1.165) is 51.4 Å². The van der Waals surface area contributed by atoms with Crippen LogP contribution in [0.2, 0.25) is 0 Å². The van der Waals surface area contributed by atoms with Crippen molar-refractivity contribution in [1.82, 2.24) is 0 Å². The van der Waals surface area contributed by atoms with Gasteiger partial charge in [0, 0.05) is 23.7 Å². The largest absolute Gasteiger partial charge is 0.393 e. The van der Waals surface area contributed by atoms with Crippen LogP contribution >= 0.6 is 0 Å². The highest BCUT2D eigenvalue weighted by atomic mass is 16.3. The number of rotatable bonds is 4. The molecule has 6 N–H and O–H groups in total. The molecule has 0 aromatic rings. The molecule has 14 atom stereocenters. The van der Waals surface area contributed by atoms with E-state index in [9.17, 15) is 49.8 Å². The summed E-state index contributed by atoms with van der Waals surface area (Å²) in [5.41, 5.74) is -2.46. The Bertz CT molecular complexity index is 1480. The number of aliphatic hydroxyl groups excluding tert-OH is 4. The molecule has 52 heavy (non-hydrogen) atoms. The van der Waals surface area contributed by atoms with Gasteiger partial charge in [-0.25, -0.2) is 0 Å². The summed E-state index contributed by atoms with van der Waals surface area (Å²) < 4.78 is 0. The third kappa shape index (κ3) is 5.09. The van der Waals surface area contributed by atoms with E-state index in [1.807, 2.05) is 13.8 Å². The molecule has 6 saturated carbocycles. The molecular formula is C42H60O10. The van der Waals surface area contributed by atoms with Crippen LogP contribution in [0.5, 0.6) is 0 Å². The van der Waals surface area contributed by atoms with Gasteiger partial charge in [0.1, 0.15) is 24.4 Å². The highest BCUT2D eigenvalue weighted by Gasteiger charge is 2.69. The molecule has 0 bridgehead atoms. The average Bonchev–Trinajstić information content (AvgIpc) is 3.53. The predicted molar refractivity (Wildman–Crippen MR) is 190 cm³/mol. The van der Waals surface area contributed by atoms with Gasteiger partial charge in [-0.05, 0) is 136 Å². The Morgan fingerprint density at radius 3 is 1.33 bits per heavy atom. The maximum Gasteiger partial charge on any atom is 0.190 e. The second-order valence-electron chi connectivity index (χ2n) is 19.1. The van der Waals surface area contributed by atoms with Crippen LogP contribution in [0.3, 0.4) is 0 Å². The summed E-state index contributed by atoms with van der Waals surface area (Å²) in [7, 11) is 0. The van der Waals surface area contributed by atoms with Crippen LogP contribution in [-0.2, 0) is 19.2 Å². The van der Waals surface area contributed by atoms with Gasteiger partial charge >= 0.3 is 0 Å². The van der Waals surface area contributed by atoms with E-state index < -0.39 is 59.0 Å². The molecule has 0 heterocycles. The molecule has 0 spiro atoms. The van der Waals surface area contributed by atoms with Crippen LogP contribution in [0, 0.1) is 57.2 Å². The summed E-state index contributed by atoms with van der Waals surface area (Å²) in [5, 5.41) is 63.5. The lowest BCUT2D eigenvalue weighted by Gasteiger charge is -2.60. The van der Waals surface area contributed by atoms with Gasteiger partial charge in [0.05, 0.1) is 12.2 Å². The molecule has 8 aliphatic rings. The third-order valence-corrected chi connectivity index (χ3v) is 17.3. The van der Waals surface area contributed by atoms with Gasteiger partial charge in [-0.15, -0.1) is 0 Å². The fourth-order valence-corrected chi connectivity index (χ4v) is 14.6. The Balaban J connectivity index is 0.000000162. The Kier molecular flexibility index (Phi) is 9.36. The van der Waals surface area contributed by atoms with Crippen LogP contribution < -0.4 is 0 Å². The first kappa shape index (κ1) is 38.2. The minimum absolute atomic E-state index is 0.0697. The molecule has 10 nitrogen and oxygen atoms in total. The van der Waals surface area contributed by atoms with Crippen LogP contribution in [-0.4, -0.2) is 90.4 Å². The van der Waals surface area contributed by atoms with E-state index in [2.05, 4.69) is 13.8 Å². The van der Waals surface area contributed by atoms with Crippen molar-refractivity contribution in [3.05, 3.63) is 23.3 Å². The lowest BCUT2D eigenvalue weighted by molar-refractivity contribution is -0.182. The van der Waals surface area contributed by atoms with Crippen molar-refractivity contribution in [2.24, 2.45) is 57.2 Å². The van der Waals surface area contributed by atoms with E-state index in [-0.39, 0.29) is 57.9 Å². The number of allylic oxidation sites excluding steroid dienone is 2. The van der Waals surface area contributed by atoms with Gasteiger partial charge in [-0.2, -0.15) is 0 Å². The minimum atomic E-state index is -1.54. The molecular weight excluding hydrogens is 664 g/mol. The number of aliphatic hydroxyl groups is 6. The maximum absolute atomic E-state index is 12.4. The van der Waals surface area contributed by atoms with E-state index in [1.165, 1.54) is 11.1 Å². The first-order chi connectivity index (χ1) is 24.3. The highest BCUT2D eigenvalue weighted by molar-refractivity contribution is 5.92. The van der Waals surface area contributed by atoms with Crippen molar-refractivity contribution in [2.45, 2.75) is 141 Å². The standard InChI is InChI=1S/2C21H30O5/c2*1-19-7-5-13(23)9-12(19)3-4-14-15-6-8-21(26,17(25)11-22)20(15,2)10-16(24)18(14)19/h2*9,14-16,18,22,24,26H,3-8,10-11H2,1-2H3/t14?,15?,16-,18?,19?,20?,21-;14-,15-,16-,18?,19-,20-,21-/m00/s1. The molecule has 288 valence electrons. The first-order valence-corrected chi connectivity index (χ1v) is 19.9. The second kappa shape index (κ2) is 12.7. The highest BCUT2D eigenvalue weighted by Crippen LogP contribution is 2.69. The number of hydrogen-bond donors (Lipinski definition) is 6. The second-order valence-corrected chi connectivity index (χ2v) is 19.1. The minimum Gasteiger partial charge on any atom is -0.393 e. The summed E-state index contributed by atoms with van der Waals surface area (Å²) in [6.45, 7) is 6.92. The average molecular weight is 725 g/mol. The zero-order chi connectivity index (χ0) is 37.8. The van der Waals surface area contributed by atoms with Crippen LogP contribution in [0.15, 0.2) is 23.3 Å². The SMILES string of the molecule is CC12CCC(=O)C=C1CCC1C2[C@@H](O)CC2(C)C1CC[C@]2(O)C(=O)CO.C[C@]12CCC(=O)C=C1CC[C@@H]1C2[C@@H](O)C[C@@]2(C)[C@H]1CC[C@]2(O)C(=O)CO. The summed E-state index contributed by atoms with van der Waals surface area (Å²) in [6, 6.07) is 0. The molecule has 0 aromatic carbocycles. The van der Waals surface area contributed by atoms with Crippen LogP contribution in [0.25, 0.3) is 0 Å². The quantitative estimate of drug-likeness (QED) is 0.250. The number of fused-ring (bicyclic) bond motifs is 10. The molecule has 6 fully saturated rings. The zero-order valence-electron chi connectivity index (χ0n) is 31.4. The summed E-state index contributed by atoms with van der Waals surface area (Å²) in [4.78, 5) is 48.5. The normalized spacial score (nSPS) is 50.5.